The highest BCUT2D eigenvalue weighted by Gasteiger charge is 2.06. The molecule has 2 amide bonds. The molecule has 118 valence electrons. The van der Waals surface area contributed by atoms with Crippen LogP contribution in [0, 0.1) is 0 Å². The van der Waals surface area contributed by atoms with Crippen molar-refractivity contribution in [2.24, 2.45) is 0 Å². The summed E-state index contributed by atoms with van der Waals surface area (Å²) in [6.45, 7) is 2.39. The van der Waals surface area contributed by atoms with Gasteiger partial charge in [-0.2, -0.15) is 0 Å². The second-order valence-corrected chi connectivity index (χ2v) is 4.80. The molecule has 2 rings (SSSR count). The van der Waals surface area contributed by atoms with Gasteiger partial charge in [0.2, 0.25) is 11.8 Å². The molecule has 0 saturated carbocycles. The number of hydrogen-bond donors (Lipinski definition) is 2. The molecule has 2 heterocycles. The summed E-state index contributed by atoms with van der Waals surface area (Å²) < 4.78 is 3.76. The van der Waals surface area contributed by atoms with Gasteiger partial charge in [0.25, 0.3) is 0 Å². The normalized spacial score (nSPS) is 10.4. The maximum atomic E-state index is 11.6. The van der Waals surface area contributed by atoms with E-state index >= 15 is 0 Å². The Kier molecular flexibility index (Phi) is 6.16. The number of rotatable bonds is 9. The Balaban J connectivity index is 1.50. The van der Waals surface area contributed by atoms with E-state index in [1.807, 2.05) is 21.5 Å². The Labute approximate surface area is 128 Å². The second kappa shape index (κ2) is 8.60. The van der Waals surface area contributed by atoms with Crippen molar-refractivity contribution in [1.29, 1.82) is 0 Å². The topological polar surface area (TPSA) is 93.8 Å². The SMILES string of the molecule is O=C(CCC(=O)NCCn1ccnc1)NCCn1ccnc1. The van der Waals surface area contributed by atoms with Crippen LogP contribution in [0.5, 0.6) is 0 Å². The molecule has 0 bridgehead atoms. The van der Waals surface area contributed by atoms with E-state index in [0.717, 1.165) is 0 Å². The van der Waals surface area contributed by atoms with Gasteiger partial charge in [0.05, 0.1) is 12.7 Å². The van der Waals surface area contributed by atoms with E-state index in [1.165, 1.54) is 0 Å². The number of nitrogens with one attached hydrogen (secondary N) is 2. The third kappa shape index (κ3) is 5.78. The second-order valence-electron chi connectivity index (χ2n) is 4.80. The Hall–Kier alpha value is -2.64. The fourth-order valence-electron chi connectivity index (χ4n) is 1.89. The van der Waals surface area contributed by atoms with Gasteiger partial charge in [0.1, 0.15) is 0 Å². The molecule has 2 aromatic heterocycles. The van der Waals surface area contributed by atoms with Crippen molar-refractivity contribution < 1.29 is 9.59 Å². The van der Waals surface area contributed by atoms with Crippen LogP contribution < -0.4 is 10.6 Å². The molecule has 0 radical (unpaired) electrons. The molecule has 0 fully saturated rings. The summed E-state index contributed by atoms with van der Waals surface area (Å²) in [4.78, 5) is 31.1. The van der Waals surface area contributed by atoms with Gasteiger partial charge in [-0.25, -0.2) is 9.97 Å². The lowest BCUT2D eigenvalue weighted by Gasteiger charge is -2.07. The summed E-state index contributed by atoms with van der Waals surface area (Å²) in [6.07, 6.45) is 10.8. The van der Waals surface area contributed by atoms with Crippen LogP contribution in [0.2, 0.25) is 0 Å². The maximum Gasteiger partial charge on any atom is 0.220 e. The fourth-order valence-corrected chi connectivity index (χ4v) is 1.89. The van der Waals surface area contributed by atoms with Crippen molar-refractivity contribution in [3.05, 3.63) is 37.4 Å². The first-order valence-electron chi connectivity index (χ1n) is 7.19. The average molecular weight is 304 g/mol. The fraction of sp³-hybridized carbons (Fsp3) is 0.429. The molecule has 0 aliphatic heterocycles. The van der Waals surface area contributed by atoms with Gasteiger partial charge in [-0.15, -0.1) is 0 Å². The van der Waals surface area contributed by atoms with E-state index in [1.54, 1.807) is 25.0 Å². The van der Waals surface area contributed by atoms with Crippen LogP contribution in [0.1, 0.15) is 12.8 Å². The van der Waals surface area contributed by atoms with E-state index in [2.05, 4.69) is 20.6 Å². The quantitative estimate of drug-likeness (QED) is 0.670. The highest BCUT2D eigenvalue weighted by Crippen LogP contribution is 1.91. The van der Waals surface area contributed by atoms with E-state index in [4.69, 9.17) is 0 Å². The van der Waals surface area contributed by atoms with Crippen molar-refractivity contribution in [1.82, 2.24) is 29.7 Å². The Bertz CT molecular complexity index is 512. The predicted molar refractivity (Wildman–Crippen MR) is 79.7 cm³/mol. The molecule has 8 nitrogen and oxygen atoms in total. The number of aromatic nitrogens is 4. The standard InChI is InChI=1S/C14H20N6O2/c21-13(17-5-9-19-7-3-15-11-19)1-2-14(22)18-6-10-20-8-4-16-12-20/h3-4,7-8,11-12H,1-2,5-6,9-10H2,(H,17,21)(H,18,22). The minimum absolute atomic E-state index is 0.120. The molecule has 0 unspecified atom stereocenters. The predicted octanol–water partition coefficient (Wildman–Crippen LogP) is -0.208. The van der Waals surface area contributed by atoms with Crippen LogP contribution in [0.15, 0.2) is 37.4 Å². The molecule has 22 heavy (non-hydrogen) atoms. The minimum atomic E-state index is -0.120. The first-order valence-corrected chi connectivity index (χ1v) is 7.19. The lowest BCUT2D eigenvalue weighted by atomic mass is 10.3. The van der Waals surface area contributed by atoms with Crippen LogP contribution in [0.4, 0.5) is 0 Å². The summed E-state index contributed by atoms with van der Waals surface area (Å²) in [5.74, 6) is -0.241. The summed E-state index contributed by atoms with van der Waals surface area (Å²) in [7, 11) is 0. The van der Waals surface area contributed by atoms with E-state index in [0.29, 0.717) is 26.2 Å². The molecule has 2 N–H and O–H groups in total. The number of hydrogen-bond acceptors (Lipinski definition) is 4. The summed E-state index contributed by atoms with van der Waals surface area (Å²) in [5.41, 5.74) is 0. The number of amides is 2. The van der Waals surface area contributed by atoms with Crippen molar-refractivity contribution in [2.45, 2.75) is 25.9 Å². The van der Waals surface area contributed by atoms with E-state index in [9.17, 15) is 9.59 Å². The molecule has 8 heteroatoms. The highest BCUT2D eigenvalue weighted by molar-refractivity contribution is 5.83. The maximum absolute atomic E-state index is 11.6. The third-order valence-corrected chi connectivity index (χ3v) is 3.08. The van der Waals surface area contributed by atoms with Crippen LogP contribution in [-0.2, 0) is 22.7 Å². The van der Waals surface area contributed by atoms with Crippen LogP contribution in [0.25, 0.3) is 0 Å². The van der Waals surface area contributed by atoms with Gasteiger partial charge >= 0.3 is 0 Å². The number of carbonyl (C=O) groups excluding carboxylic acids is 2. The molecular formula is C14H20N6O2. The van der Waals surface area contributed by atoms with Crippen molar-refractivity contribution in [3.8, 4) is 0 Å². The zero-order chi connectivity index (χ0) is 15.6. The minimum Gasteiger partial charge on any atom is -0.354 e. The lowest BCUT2D eigenvalue weighted by Crippen LogP contribution is -2.30. The smallest absolute Gasteiger partial charge is 0.220 e. The average Bonchev–Trinajstić information content (AvgIpc) is 3.18. The Morgan fingerprint density at radius 1 is 0.818 bits per heavy atom. The Morgan fingerprint density at radius 3 is 1.64 bits per heavy atom. The molecule has 0 aromatic carbocycles. The monoisotopic (exact) mass is 304 g/mol. The first-order chi connectivity index (χ1) is 10.7. The van der Waals surface area contributed by atoms with E-state index < -0.39 is 0 Å². The van der Waals surface area contributed by atoms with Gasteiger partial charge in [0, 0.05) is 63.8 Å². The molecule has 0 saturated heterocycles. The molecule has 0 aliphatic carbocycles. The number of imidazole rings is 2. The van der Waals surface area contributed by atoms with Crippen molar-refractivity contribution in [3.63, 3.8) is 0 Å². The third-order valence-electron chi connectivity index (χ3n) is 3.08. The van der Waals surface area contributed by atoms with Gasteiger partial charge < -0.3 is 19.8 Å². The summed E-state index contributed by atoms with van der Waals surface area (Å²) in [5, 5.41) is 5.55. The van der Waals surface area contributed by atoms with Crippen LogP contribution in [-0.4, -0.2) is 44.0 Å². The largest absolute Gasteiger partial charge is 0.354 e. The van der Waals surface area contributed by atoms with E-state index in [-0.39, 0.29) is 24.7 Å². The molecule has 0 aliphatic rings. The summed E-state index contributed by atoms with van der Waals surface area (Å²) >= 11 is 0. The summed E-state index contributed by atoms with van der Waals surface area (Å²) in [6, 6.07) is 0. The number of nitrogens with zero attached hydrogens (tertiary/aromatic N) is 4. The molecule has 0 atom stereocenters. The van der Waals surface area contributed by atoms with Gasteiger partial charge in [-0.1, -0.05) is 0 Å². The van der Waals surface area contributed by atoms with Gasteiger partial charge in [-0.05, 0) is 0 Å². The first kappa shape index (κ1) is 15.7. The Morgan fingerprint density at radius 2 is 1.27 bits per heavy atom. The lowest BCUT2D eigenvalue weighted by molar-refractivity contribution is -0.126. The zero-order valence-electron chi connectivity index (χ0n) is 12.3. The van der Waals surface area contributed by atoms with Crippen LogP contribution >= 0.6 is 0 Å². The van der Waals surface area contributed by atoms with Crippen LogP contribution in [0.3, 0.4) is 0 Å². The molecular weight excluding hydrogens is 284 g/mol. The van der Waals surface area contributed by atoms with Gasteiger partial charge in [-0.3, -0.25) is 9.59 Å². The highest BCUT2D eigenvalue weighted by atomic mass is 16.2. The van der Waals surface area contributed by atoms with Crippen molar-refractivity contribution >= 4 is 11.8 Å². The molecule has 2 aromatic rings. The van der Waals surface area contributed by atoms with Gasteiger partial charge in [0.15, 0.2) is 0 Å². The zero-order valence-corrected chi connectivity index (χ0v) is 12.3. The molecule has 0 spiro atoms. The van der Waals surface area contributed by atoms with Crippen molar-refractivity contribution in [2.75, 3.05) is 13.1 Å². The number of carbonyl (C=O) groups is 2.